The van der Waals surface area contributed by atoms with Gasteiger partial charge in [-0.05, 0) is 38.6 Å². The molecule has 4 atom stereocenters. The highest BCUT2D eigenvalue weighted by Gasteiger charge is 2.43. The van der Waals surface area contributed by atoms with Crippen LogP contribution in [0.3, 0.4) is 0 Å². The van der Waals surface area contributed by atoms with Gasteiger partial charge in [-0.25, -0.2) is 0 Å². The SMILES string of the molecule is CNC(C1CCOC2(CCCCC2)C1)C1SCCSC1C. The first-order chi connectivity index (χ1) is 10.2. The van der Waals surface area contributed by atoms with Gasteiger partial charge in [0.2, 0.25) is 0 Å². The maximum atomic E-state index is 6.31. The smallest absolute Gasteiger partial charge is 0.0685 e. The minimum absolute atomic E-state index is 0.242. The Morgan fingerprint density at radius 2 is 1.90 bits per heavy atom. The molecule has 2 nitrogen and oxygen atoms in total. The van der Waals surface area contributed by atoms with E-state index in [4.69, 9.17) is 4.74 Å². The lowest BCUT2D eigenvalue weighted by atomic mass is 9.73. The Kier molecular flexibility index (Phi) is 5.85. The summed E-state index contributed by atoms with van der Waals surface area (Å²) in [7, 11) is 2.18. The predicted octanol–water partition coefficient (Wildman–Crippen LogP) is 3.94. The van der Waals surface area contributed by atoms with Crippen LogP contribution in [0.2, 0.25) is 0 Å². The van der Waals surface area contributed by atoms with Gasteiger partial charge in [-0.3, -0.25) is 0 Å². The van der Waals surface area contributed by atoms with Crippen LogP contribution in [-0.2, 0) is 4.74 Å². The van der Waals surface area contributed by atoms with Crippen molar-refractivity contribution in [3.63, 3.8) is 0 Å². The minimum atomic E-state index is 0.242. The molecule has 0 aromatic rings. The minimum Gasteiger partial charge on any atom is -0.375 e. The Bertz CT molecular complexity index is 327. The molecule has 0 radical (unpaired) electrons. The van der Waals surface area contributed by atoms with Crippen molar-refractivity contribution in [3.8, 4) is 0 Å². The van der Waals surface area contributed by atoms with Crippen molar-refractivity contribution < 1.29 is 4.74 Å². The first-order valence-electron chi connectivity index (χ1n) is 8.78. The summed E-state index contributed by atoms with van der Waals surface area (Å²) in [4.78, 5) is 0. The Morgan fingerprint density at radius 3 is 2.62 bits per heavy atom. The maximum absolute atomic E-state index is 6.31. The van der Waals surface area contributed by atoms with E-state index >= 15 is 0 Å². The number of hydrogen-bond acceptors (Lipinski definition) is 4. The monoisotopic (exact) mass is 329 g/mol. The predicted molar refractivity (Wildman–Crippen MR) is 95.5 cm³/mol. The third-order valence-electron chi connectivity index (χ3n) is 5.73. The highest BCUT2D eigenvalue weighted by molar-refractivity contribution is 8.07. The lowest BCUT2D eigenvalue weighted by Gasteiger charge is -2.47. The van der Waals surface area contributed by atoms with Crippen LogP contribution in [0.1, 0.15) is 51.9 Å². The Morgan fingerprint density at radius 1 is 1.14 bits per heavy atom. The number of rotatable bonds is 3. The molecule has 1 saturated carbocycles. The van der Waals surface area contributed by atoms with E-state index in [9.17, 15) is 0 Å². The van der Waals surface area contributed by atoms with Crippen molar-refractivity contribution in [2.24, 2.45) is 5.92 Å². The van der Waals surface area contributed by atoms with Crippen LogP contribution >= 0.6 is 23.5 Å². The molecule has 0 amide bonds. The molecular weight excluding hydrogens is 298 g/mol. The van der Waals surface area contributed by atoms with Crippen molar-refractivity contribution in [2.45, 2.75) is 74.0 Å². The highest BCUT2D eigenvalue weighted by Crippen LogP contribution is 2.44. The second kappa shape index (κ2) is 7.46. The Hall–Kier alpha value is 0.620. The van der Waals surface area contributed by atoms with E-state index in [0.29, 0.717) is 6.04 Å². The van der Waals surface area contributed by atoms with Crippen LogP contribution in [-0.4, -0.2) is 47.3 Å². The van der Waals surface area contributed by atoms with Gasteiger partial charge in [-0.2, -0.15) is 23.5 Å². The van der Waals surface area contributed by atoms with Gasteiger partial charge in [-0.1, -0.05) is 26.2 Å². The van der Waals surface area contributed by atoms with Crippen molar-refractivity contribution in [3.05, 3.63) is 0 Å². The molecule has 2 saturated heterocycles. The van der Waals surface area contributed by atoms with Gasteiger partial charge in [0, 0.05) is 34.7 Å². The summed E-state index contributed by atoms with van der Waals surface area (Å²) in [6, 6.07) is 0.667. The zero-order valence-corrected chi connectivity index (χ0v) is 15.2. The molecule has 0 bridgehead atoms. The zero-order chi connectivity index (χ0) is 14.7. The quantitative estimate of drug-likeness (QED) is 0.846. The van der Waals surface area contributed by atoms with Crippen LogP contribution < -0.4 is 5.32 Å². The van der Waals surface area contributed by atoms with E-state index in [-0.39, 0.29) is 5.60 Å². The fraction of sp³-hybridized carbons (Fsp3) is 1.00. The molecule has 1 spiro atoms. The Balaban J connectivity index is 1.68. The maximum Gasteiger partial charge on any atom is 0.0685 e. The summed E-state index contributed by atoms with van der Waals surface area (Å²) in [5.74, 6) is 3.46. The van der Waals surface area contributed by atoms with E-state index in [1.165, 1.54) is 56.5 Å². The topological polar surface area (TPSA) is 21.3 Å². The molecule has 4 unspecified atom stereocenters. The molecule has 4 heteroatoms. The standard InChI is InChI=1S/C17H31NOS2/c1-13-16(21-11-10-20-13)15(18-2)14-6-9-19-17(12-14)7-4-3-5-8-17/h13-16,18H,3-12H2,1-2H3. The molecular formula is C17H31NOS2. The van der Waals surface area contributed by atoms with E-state index < -0.39 is 0 Å². The van der Waals surface area contributed by atoms with E-state index in [1.54, 1.807) is 0 Å². The van der Waals surface area contributed by atoms with Crippen LogP contribution in [0.5, 0.6) is 0 Å². The van der Waals surface area contributed by atoms with E-state index in [1.807, 2.05) is 0 Å². The summed E-state index contributed by atoms with van der Waals surface area (Å²) in [5, 5.41) is 5.26. The van der Waals surface area contributed by atoms with Gasteiger partial charge in [-0.15, -0.1) is 0 Å². The lowest BCUT2D eigenvalue weighted by molar-refractivity contribution is -0.121. The van der Waals surface area contributed by atoms with Crippen LogP contribution in [0, 0.1) is 5.92 Å². The molecule has 1 aliphatic carbocycles. The first-order valence-corrected chi connectivity index (χ1v) is 10.9. The summed E-state index contributed by atoms with van der Waals surface area (Å²) in [5.41, 5.74) is 0.242. The highest BCUT2D eigenvalue weighted by atomic mass is 32.2. The van der Waals surface area contributed by atoms with Crippen LogP contribution in [0.25, 0.3) is 0 Å². The van der Waals surface area contributed by atoms with Crippen molar-refractivity contribution >= 4 is 23.5 Å². The van der Waals surface area contributed by atoms with Crippen molar-refractivity contribution in [1.82, 2.24) is 5.32 Å². The van der Waals surface area contributed by atoms with E-state index in [2.05, 4.69) is 42.8 Å². The molecule has 0 aromatic carbocycles. The summed E-state index contributed by atoms with van der Waals surface area (Å²) >= 11 is 4.38. The van der Waals surface area contributed by atoms with Crippen molar-refractivity contribution in [1.29, 1.82) is 0 Å². The number of thioether (sulfide) groups is 2. The third kappa shape index (κ3) is 3.76. The molecule has 0 aromatic heterocycles. The second-order valence-electron chi connectivity index (χ2n) is 7.07. The molecule has 2 aliphatic heterocycles. The fourth-order valence-electron chi connectivity index (χ4n) is 4.63. The summed E-state index contributed by atoms with van der Waals surface area (Å²) in [6.07, 6.45) is 9.33. The average Bonchev–Trinajstić information content (AvgIpc) is 2.51. The average molecular weight is 330 g/mol. The normalized spacial score (nSPS) is 38.3. The number of nitrogens with one attached hydrogen (secondary N) is 1. The van der Waals surface area contributed by atoms with E-state index in [0.717, 1.165) is 23.0 Å². The van der Waals surface area contributed by atoms with Crippen molar-refractivity contribution in [2.75, 3.05) is 25.2 Å². The summed E-state index contributed by atoms with van der Waals surface area (Å²) in [6.45, 7) is 3.42. The van der Waals surface area contributed by atoms with Gasteiger partial charge >= 0.3 is 0 Å². The number of hydrogen-bond donors (Lipinski definition) is 1. The molecule has 21 heavy (non-hydrogen) atoms. The van der Waals surface area contributed by atoms with Gasteiger partial charge < -0.3 is 10.1 Å². The summed E-state index contributed by atoms with van der Waals surface area (Å²) < 4.78 is 6.31. The zero-order valence-electron chi connectivity index (χ0n) is 13.6. The fourth-order valence-corrected chi connectivity index (χ4v) is 7.71. The largest absolute Gasteiger partial charge is 0.375 e. The lowest BCUT2D eigenvalue weighted by Crippen LogP contribution is -2.52. The first kappa shape index (κ1) is 16.5. The third-order valence-corrected chi connectivity index (χ3v) is 8.94. The molecule has 2 heterocycles. The molecule has 3 aliphatic rings. The molecule has 1 N–H and O–H groups in total. The molecule has 122 valence electrons. The van der Waals surface area contributed by atoms with Gasteiger partial charge in [0.25, 0.3) is 0 Å². The van der Waals surface area contributed by atoms with Crippen LogP contribution in [0.4, 0.5) is 0 Å². The molecule has 3 rings (SSSR count). The van der Waals surface area contributed by atoms with Gasteiger partial charge in [0.1, 0.15) is 0 Å². The van der Waals surface area contributed by atoms with Crippen LogP contribution in [0.15, 0.2) is 0 Å². The Labute approximate surface area is 138 Å². The number of ether oxygens (including phenoxy) is 1. The second-order valence-corrected chi connectivity index (χ2v) is 9.84. The van der Waals surface area contributed by atoms with Gasteiger partial charge in [0.05, 0.1) is 5.60 Å². The van der Waals surface area contributed by atoms with Gasteiger partial charge in [0.15, 0.2) is 0 Å². The molecule has 3 fully saturated rings.